The van der Waals surface area contributed by atoms with Crippen molar-refractivity contribution < 1.29 is 19.4 Å². The maximum absolute atomic E-state index is 10.9. The Hall–Kier alpha value is -3.21. The summed E-state index contributed by atoms with van der Waals surface area (Å²) < 4.78 is 11.2. The van der Waals surface area contributed by atoms with Crippen molar-refractivity contribution in [3.63, 3.8) is 0 Å². The third-order valence-corrected chi connectivity index (χ3v) is 3.81. The lowest BCUT2D eigenvalue weighted by atomic mass is 10.1. The summed E-state index contributed by atoms with van der Waals surface area (Å²) >= 11 is 0. The molecule has 25 heavy (non-hydrogen) atoms. The second-order valence-corrected chi connectivity index (χ2v) is 5.58. The number of ether oxygens (including phenoxy) is 2. The molecule has 0 amide bonds. The van der Waals surface area contributed by atoms with E-state index in [1.54, 1.807) is 7.11 Å². The third-order valence-electron chi connectivity index (χ3n) is 3.81. The van der Waals surface area contributed by atoms with Crippen molar-refractivity contribution in [2.24, 2.45) is 0 Å². The van der Waals surface area contributed by atoms with Gasteiger partial charge in [-0.1, -0.05) is 36.4 Å². The van der Waals surface area contributed by atoms with E-state index >= 15 is 0 Å². The Bertz CT molecular complexity index is 878. The van der Waals surface area contributed by atoms with Crippen LogP contribution in [0.4, 0.5) is 5.69 Å². The second-order valence-electron chi connectivity index (χ2n) is 5.58. The first-order chi connectivity index (χ1) is 12.2. The van der Waals surface area contributed by atoms with Crippen molar-refractivity contribution in [1.29, 1.82) is 0 Å². The SMILES string of the molecule is COc1ccc2cc(OCc3ccccc3)c(NCC(=O)O)cc2c1. The topological polar surface area (TPSA) is 67.8 Å². The molecule has 0 bridgehead atoms. The summed E-state index contributed by atoms with van der Waals surface area (Å²) in [6.07, 6.45) is 0. The van der Waals surface area contributed by atoms with Crippen LogP contribution in [0.25, 0.3) is 10.8 Å². The van der Waals surface area contributed by atoms with Crippen LogP contribution in [-0.2, 0) is 11.4 Å². The first-order valence-electron chi connectivity index (χ1n) is 7.90. The van der Waals surface area contributed by atoms with Crippen LogP contribution in [0.3, 0.4) is 0 Å². The molecule has 0 fully saturated rings. The molecule has 5 heteroatoms. The molecule has 3 aromatic rings. The highest BCUT2D eigenvalue weighted by molar-refractivity contribution is 5.90. The lowest BCUT2D eigenvalue weighted by Gasteiger charge is -2.14. The van der Waals surface area contributed by atoms with E-state index in [1.807, 2.05) is 60.7 Å². The fourth-order valence-electron chi connectivity index (χ4n) is 2.55. The van der Waals surface area contributed by atoms with Crippen LogP contribution in [0.5, 0.6) is 11.5 Å². The lowest BCUT2D eigenvalue weighted by molar-refractivity contribution is -0.134. The molecule has 5 nitrogen and oxygen atoms in total. The Morgan fingerprint density at radius 2 is 1.84 bits per heavy atom. The fourth-order valence-corrected chi connectivity index (χ4v) is 2.55. The number of carboxylic acid groups (broad SMARTS) is 1. The first-order valence-corrected chi connectivity index (χ1v) is 7.90. The third kappa shape index (κ3) is 4.20. The van der Waals surface area contributed by atoms with Gasteiger partial charge in [-0.25, -0.2) is 0 Å². The van der Waals surface area contributed by atoms with Gasteiger partial charge in [-0.2, -0.15) is 0 Å². The molecule has 0 aliphatic heterocycles. The Kier molecular flexibility index (Phi) is 5.04. The van der Waals surface area contributed by atoms with Gasteiger partial charge >= 0.3 is 5.97 Å². The standard InChI is InChI=1S/C20H19NO4/c1-24-17-8-7-15-11-19(25-13-14-5-3-2-4-6-14)18(10-16(15)9-17)21-12-20(22)23/h2-11,21H,12-13H2,1H3,(H,22,23). The molecule has 0 unspecified atom stereocenters. The molecule has 0 heterocycles. The zero-order chi connectivity index (χ0) is 17.6. The Morgan fingerprint density at radius 3 is 2.56 bits per heavy atom. The number of aliphatic carboxylic acids is 1. The molecule has 0 atom stereocenters. The smallest absolute Gasteiger partial charge is 0.322 e. The minimum absolute atomic E-state index is 0.183. The largest absolute Gasteiger partial charge is 0.497 e. The number of fused-ring (bicyclic) bond motifs is 1. The maximum Gasteiger partial charge on any atom is 0.322 e. The van der Waals surface area contributed by atoms with Crippen LogP contribution in [-0.4, -0.2) is 24.7 Å². The summed E-state index contributed by atoms with van der Waals surface area (Å²) in [6, 6.07) is 19.3. The predicted octanol–water partition coefficient (Wildman–Crippen LogP) is 3.92. The number of anilines is 1. The van der Waals surface area contributed by atoms with Crippen molar-refractivity contribution >= 4 is 22.4 Å². The summed E-state index contributed by atoms with van der Waals surface area (Å²) in [6.45, 7) is 0.224. The van der Waals surface area contributed by atoms with E-state index in [4.69, 9.17) is 14.6 Å². The zero-order valence-electron chi connectivity index (χ0n) is 13.9. The second kappa shape index (κ2) is 7.57. The summed E-state index contributed by atoms with van der Waals surface area (Å²) in [4.78, 5) is 10.9. The zero-order valence-corrected chi connectivity index (χ0v) is 13.9. The highest BCUT2D eigenvalue weighted by Gasteiger charge is 2.09. The Morgan fingerprint density at radius 1 is 1.04 bits per heavy atom. The number of methoxy groups -OCH3 is 1. The van der Waals surface area contributed by atoms with Crippen LogP contribution < -0.4 is 14.8 Å². The predicted molar refractivity (Wildman–Crippen MR) is 97.4 cm³/mol. The molecule has 0 saturated heterocycles. The van der Waals surface area contributed by atoms with Gasteiger partial charge in [-0.15, -0.1) is 0 Å². The Labute approximate surface area is 145 Å². The maximum atomic E-state index is 10.9. The summed E-state index contributed by atoms with van der Waals surface area (Å²) in [7, 11) is 1.61. The molecule has 0 spiro atoms. The van der Waals surface area contributed by atoms with E-state index in [0.717, 1.165) is 22.1 Å². The monoisotopic (exact) mass is 337 g/mol. The Balaban J connectivity index is 1.92. The van der Waals surface area contributed by atoms with Crippen molar-refractivity contribution in [2.75, 3.05) is 19.0 Å². The fraction of sp³-hybridized carbons (Fsp3) is 0.150. The summed E-state index contributed by atoms with van der Waals surface area (Å²) in [5.41, 5.74) is 1.68. The number of carbonyl (C=O) groups is 1. The molecule has 0 radical (unpaired) electrons. The van der Waals surface area contributed by atoms with Gasteiger partial charge in [-0.3, -0.25) is 4.79 Å². The summed E-state index contributed by atoms with van der Waals surface area (Å²) in [5, 5.41) is 13.8. The van der Waals surface area contributed by atoms with Gasteiger partial charge in [0.1, 0.15) is 24.7 Å². The van der Waals surface area contributed by atoms with Gasteiger partial charge in [0.25, 0.3) is 0 Å². The molecule has 3 rings (SSSR count). The molecule has 128 valence electrons. The van der Waals surface area contributed by atoms with E-state index in [-0.39, 0.29) is 6.54 Å². The van der Waals surface area contributed by atoms with E-state index in [2.05, 4.69) is 5.32 Å². The van der Waals surface area contributed by atoms with Crippen molar-refractivity contribution in [3.05, 3.63) is 66.2 Å². The van der Waals surface area contributed by atoms with Gasteiger partial charge < -0.3 is 19.9 Å². The first kappa shape index (κ1) is 16.6. The highest BCUT2D eigenvalue weighted by Crippen LogP contribution is 2.33. The van der Waals surface area contributed by atoms with Gasteiger partial charge in [0.15, 0.2) is 0 Å². The summed E-state index contributed by atoms with van der Waals surface area (Å²) in [5.74, 6) is 0.428. The quantitative estimate of drug-likeness (QED) is 0.684. The van der Waals surface area contributed by atoms with Gasteiger partial charge in [-0.05, 0) is 40.6 Å². The lowest BCUT2D eigenvalue weighted by Crippen LogP contribution is -2.13. The molecular weight excluding hydrogens is 318 g/mol. The van der Waals surface area contributed by atoms with Crippen molar-refractivity contribution in [2.45, 2.75) is 6.61 Å². The number of nitrogens with one attached hydrogen (secondary N) is 1. The number of hydrogen-bond donors (Lipinski definition) is 2. The average Bonchev–Trinajstić information content (AvgIpc) is 2.64. The van der Waals surface area contributed by atoms with E-state index in [1.165, 1.54) is 0 Å². The molecule has 0 aliphatic rings. The molecular formula is C20H19NO4. The van der Waals surface area contributed by atoms with Crippen LogP contribution in [0.15, 0.2) is 60.7 Å². The van der Waals surface area contributed by atoms with E-state index in [0.29, 0.717) is 18.0 Å². The number of rotatable bonds is 7. The minimum Gasteiger partial charge on any atom is -0.497 e. The van der Waals surface area contributed by atoms with E-state index in [9.17, 15) is 4.79 Å². The van der Waals surface area contributed by atoms with Gasteiger partial charge in [0, 0.05) is 0 Å². The molecule has 3 aromatic carbocycles. The highest BCUT2D eigenvalue weighted by atomic mass is 16.5. The number of benzene rings is 3. The van der Waals surface area contributed by atoms with Gasteiger partial charge in [0.2, 0.25) is 0 Å². The molecule has 0 aliphatic carbocycles. The van der Waals surface area contributed by atoms with Gasteiger partial charge in [0.05, 0.1) is 12.8 Å². The number of hydrogen-bond acceptors (Lipinski definition) is 4. The van der Waals surface area contributed by atoms with Crippen LogP contribution in [0.1, 0.15) is 5.56 Å². The average molecular weight is 337 g/mol. The molecule has 2 N–H and O–H groups in total. The van der Waals surface area contributed by atoms with Crippen molar-refractivity contribution in [1.82, 2.24) is 0 Å². The van der Waals surface area contributed by atoms with Crippen LogP contribution in [0, 0.1) is 0 Å². The normalized spacial score (nSPS) is 10.4. The molecule has 0 aromatic heterocycles. The number of carboxylic acids is 1. The van der Waals surface area contributed by atoms with Crippen LogP contribution in [0.2, 0.25) is 0 Å². The van der Waals surface area contributed by atoms with E-state index < -0.39 is 5.97 Å². The minimum atomic E-state index is -0.931. The van der Waals surface area contributed by atoms with Crippen molar-refractivity contribution in [3.8, 4) is 11.5 Å². The molecule has 0 saturated carbocycles. The van der Waals surface area contributed by atoms with Crippen LogP contribution >= 0.6 is 0 Å².